The van der Waals surface area contributed by atoms with Gasteiger partial charge in [0.1, 0.15) is 5.75 Å². The van der Waals surface area contributed by atoms with Crippen molar-refractivity contribution in [1.29, 1.82) is 0 Å². The topological polar surface area (TPSA) is 70.1 Å². The van der Waals surface area contributed by atoms with Crippen LogP contribution in [0.25, 0.3) is 0 Å². The van der Waals surface area contributed by atoms with Gasteiger partial charge in [0.05, 0.1) is 6.61 Å². The molecule has 4 atom stereocenters. The molecule has 2 bridgehead atoms. The van der Waals surface area contributed by atoms with Crippen molar-refractivity contribution < 1.29 is 19.4 Å². The number of amides is 1. The van der Waals surface area contributed by atoms with E-state index in [9.17, 15) is 4.79 Å². The van der Waals surface area contributed by atoms with E-state index in [1.807, 2.05) is 13.0 Å². The predicted octanol–water partition coefficient (Wildman–Crippen LogP) is 4.23. The Bertz CT molecular complexity index is 950. The molecule has 34 heavy (non-hydrogen) atoms. The number of hydrogen-bond donors (Lipinski definition) is 1. The van der Waals surface area contributed by atoms with Gasteiger partial charge in [-0.15, -0.1) is 0 Å². The Balaban J connectivity index is 0.000000868. The van der Waals surface area contributed by atoms with Gasteiger partial charge in [-0.2, -0.15) is 0 Å². The van der Waals surface area contributed by atoms with Crippen molar-refractivity contribution in [2.75, 3.05) is 19.7 Å². The Kier molecular flexibility index (Phi) is 8.22. The Morgan fingerprint density at radius 3 is 2.56 bits per heavy atom. The molecule has 182 valence electrons. The lowest BCUT2D eigenvalue weighted by molar-refractivity contribution is -0.152. The van der Waals surface area contributed by atoms with Crippen LogP contribution in [0.15, 0.2) is 54.6 Å². The molecule has 3 saturated heterocycles. The highest BCUT2D eigenvalue weighted by Gasteiger charge is 2.49. The molecule has 6 heteroatoms. The van der Waals surface area contributed by atoms with Crippen LogP contribution in [0.3, 0.4) is 0 Å². The van der Waals surface area contributed by atoms with Crippen molar-refractivity contribution in [3.05, 3.63) is 65.7 Å². The number of ether oxygens (including phenoxy) is 1. The summed E-state index contributed by atoms with van der Waals surface area (Å²) in [5.74, 6) is 2.50. The molecule has 1 N–H and O–H groups in total. The number of carbonyl (C=O) groups excluding carboxylic acids is 1. The summed E-state index contributed by atoms with van der Waals surface area (Å²) < 4.78 is 5.71. The maximum Gasteiger partial charge on any atom is 0.290 e. The van der Waals surface area contributed by atoms with E-state index in [-0.39, 0.29) is 6.47 Å². The van der Waals surface area contributed by atoms with Crippen LogP contribution in [-0.4, -0.2) is 59.1 Å². The summed E-state index contributed by atoms with van der Waals surface area (Å²) in [5.41, 5.74) is 2.67. The molecule has 6 nitrogen and oxygen atoms in total. The molecule has 5 rings (SSSR count). The van der Waals surface area contributed by atoms with Gasteiger partial charge in [0.15, 0.2) is 0 Å². The number of piperidine rings is 3. The Morgan fingerprint density at radius 2 is 1.79 bits per heavy atom. The zero-order valence-electron chi connectivity index (χ0n) is 20.0. The highest BCUT2D eigenvalue weighted by Crippen LogP contribution is 2.42. The van der Waals surface area contributed by atoms with Crippen LogP contribution < -0.4 is 4.74 Å². The standard InChI is InChI=1S/C27H34N2O2.CH2O2/c1-2-31-24-11-6-10-21(14-24)17-28-18-22-16-23(19-28)26(15-20-8-4-3-5-9-20)29-25(22)12-7-13-27(29)30;2-1-3/h3-6,8-11,14,22-23,25-26H,2,7,12-13,15-19H2,1H3;1H,(H,2,3)/t22-,23+,25+,26+;/m1./s1. The minimum Gasteiger partial charge on any atom is -0.494 e. The summed E-state index contributed by atoms with van der Waals surface area (Å²) in [6.45, 7) is 5.62. The van der Waals surface area contributed by atoms with Crippen LogP contribution in [0.5, 0.6) is 5.75 Å². The highest BCUT2D eigenvalue weighted by atomic mass is 16.5. The van der Waals surface area contributed by atoms with Gasteiger partial charge in [-0.25, -0.2) is 0 Å². The lowest BCUT2D eigenvalue weighted by Crippen LogP contribution is -2.65. The van der Waals surface area contributed by atoms with E-state index in [1.165, 1.54) is 24.0 Å². The molecule has 1 amide bonds. The molecule has 0 aliphatic carbocycles. The maximum atomic E-state index is 13.0. The molecule has 0 saturated carbocycles. The SMILES string of the molecule is CCOc1cccc(CN2C[C@H]3C[C@@H](C2)[C@H](Cc2ccccc2)N2C(=O)CCC[C@@H]32)c1.O=CO. The number of carbonyl (C=O) groups is 2. The van der Waals surface area contributed by atoms with E-state index < -0.39 is 0 Å². The fourth-order valence-electron chi connectivity index (χ4n) is 6.28. The molecule has 3 aliphatic heterocycles. The van der Waals surface area contributed by atoms with Crippen molar-refractivity contribution in [3.63, 3.8) is 0 Å². The third-order valence-corrected chi connectivity index (χ3v) is 7.48. The predicted molar refractivity (Wildman–Crippen MR) is 132 cm³/mol. The maximum absolute atomic E-state index is 13.0. The molecule has 3 heterocycles. The average Bonchev–Trinajstić information content (AvgIpc) is 2.83. The van der Waals surface area contributed by atoms with E-state index in [2.05, 4.69) is 58.3 Å². The normalized spacial score (nSPS) is 26.1. The number of nitrogens with zero attached hydrogens (tertiary/aromatic N) is 2. The number of carboxylic acid groups (broad SMARTS) is 1. The number of hydrogen-bond acceptors (Lipinski definition) is 4. The number of benzene rings is 2. The van der Waals surface area contributed by atoms with Crippen LogP contribution in [0.4, 0.5) is 0 Å². The van der Waals surface area contributed by atoms with E-state index in [1.54, 1.807) is 0 Å². The molecular weight excluding hydrogens is 428 g/mol. The first-order chi connectivity index (χ1) is 16.6. The summed E-state index contributed by atoms with van der Waals surface area (Å²) in [5, 5.41) is 6.89. The van der Waals surface area contributed by atoms with Gasteiger partial charge in [-0.3, -0.25) is 14.5 Å². The van der Waals surface area contributed by atoms with Gasteiger partial charge in [-0.1, -0.05) is 42.5 Å². The van der Waals surface area contributed by atoms with Crippen LogP contribution in [0.1, 0.15) is 43.7 Å². The smallest absolute Gasteiger partial charge is 0.290 e. The van der Waals surface area contributed by atoms with Gasteiger partial charge < -0.3 is 14.7 Å². The first kappa shape index (κ1) is 24.3. The largest absolute Gasteiger partial charge is 0.494 e. The highest BCUT2D eigenvalue weighted by molar-refractivity contribution is 5.78. The molecule has 0 spiro atoms. The van der Waals surface area contributed by atoms with Gasteiger partial charge >= 0.3 is 0 Å². The average molecular weight is 465 g/mol. The van der Waals surface area contributed by atoms with E-state index in [4.69, 9.17) is 14.6 Å². The van der Waals surface area contributed by atoms with E-state index in [0.29, 0.717) is 36.4 Å². The Labute approximate surface area is 202 Å². The fourth-order valence-corrected chi connectivity index (χ4v) is 6.28. The number of fused-ring (bicyclic) bond motifs is 4. The summed E-state index contributed by atoms with van der Waals surface area (Å²) in [6.07, 6.45) is 5.20. The lowest BCUT2D eigenvalue weighted by atomic mass is 9.70. The zero-order valence-corrected chi connectivity index (χ0v) is 20.0. The van der Waals surface area contributed by atoms with Gasteiger partial charge in [-0.05, 0) is 67.7 Å². The lowest BCUT2D eigenvalue weighted by Gasteiger charge is -2.57. The summed E-state index contributed by atoms with van der Waals surface area (Å²) in [6, 6.07) is 20.0. The second-order valence-electron chi connectivity index (χ2n) is 9.65. The van der Waals surface area contributed by atoms with Crippen molar-refractivity contribution in [1.82, 2.24) is 9.80 Å². The molecule has 3 aliphatic rings. The molecular formula is C28H36N2O4. The molecule has 0 radical (unpaired) electrons. The Hall–Kier alpha value is -2.86. The van der Waals surface area contributed by atoms with Crippen molar-refractivity contribution in [2.24, 2.45) is 11.8 Å². The summed E-state index contributed by atoms with van der Waals surface area (Å²) in [4.78, 5) is 26.4. The third kappa shape index (κ3) is 5.61. The number of rotatable bonds is 6. The van der Waals surface area contributed by atoms with Gasteiger partial charge in [0.25, 0.3) is 6.47 Å². The van der Waals surface area contributed by atoms with Crippen LogP contribution in [-0.2, 0) is 22.6 Å². The van der Waals surface area contributed by atoms with E-state index in [0.717, 1.165) is 44.6 Å². The molecule has 0 aromatic heterocycles. The van der Waals surface area contributed by atoms with Crippen LogP contribution >= 0.6 is 0 Å². The minimum absolute atomic E-state index is 0.250. The van der Waals surface area contributed by atoms with E-state index >= 15 is 0 Å². The number of likely N-dealkylation sites (tertiary alicyclic amines) is 1. The minimum atomic E-state index is -0.250. The fraction of sp³-hybridized carbons (Fsp3) is 0.500. The second kappa shape index (κ2) is 11.5. The molecule has 2 aromatic carbocycles. The Morgan fingerprint density at radius 1 is 1.06 bits per heavy atom. The molecule has 0 unspecified atom stereocenters. The van der Waals surface area contributed by atoms with Crippen molar-refractivity contribution in [2.45, 2.75) is 57.7 Å². The van der Waals surface area contributed by atoms with Crippen molar-refractivity contribution >= 4 is 12.4 Å². The summed E-state index contributed by atoms with van der Waals surface area (Å²) >= 11 is 0. The van der Waals surface area contributed by atoms with Gasteiger partial charge in [0, 0.05) is 38.1 Å². The zero-order chi connectivity index (χ0) is 23.9. The summed E-state index contributed by atoms with van der Waals surface area (Å²) in [7, 11) is 0. The molecule has 2 aromatic rings. The third-order valence-electron chi connectivity index (χ3n) is 7.48. The quantitative estimate of drug-likeness (QED) is 0.648. The van der Waals surface area contributed by atoms with Crippen molar-refractivity contribution in [3.8, 4) is 5.75 Å². The first-order valence-corrected chi connectivity index (χ1v) is 12.5. The van der Waals surface area contributed by atoms with Crippen LogP contribution in [0.2, 0.25) is 0 Å². The van der Waals surface area contributed by atoms with Gasteiger partial charge in [0.2, 0.25) is 5.91 Å². The molecule has 3 fully saturated rings. The second-order valence-corrected chi connectivity index (χ2v) is 9.65. The van der Waals surface area contributed by atoms with Crippen LogP contribution in [0, 0.1) is 11.8 Å². The first-order valence-electron chi connectivity index (χ1n) is 12.5. The monoisotopic (exact) mass is 464 g/mol.